The SMILES string of the molecule is CN(C)c1ccc2[nH]cc(C3=C(c4cn(CC(O)CO)c5ccc(N(C)C)cc45)C(=O)NC3=O)c2c1. The van der Waals surface area contributed by atoms with Crippen molar-refractivity contribution in [2.45, 2.75) is 12.6 Å². The molecule has 0 aliphatic carbocycles. The maximum Gasteiger partial charge on any atom is 0.259 e. The predicted octanol–water partition coefficient (Wildman–Crippen LogP) is 2.17. The third-order valence-electron chi connectivity index (χ3n) is 6.65. The molecule has 1 atom stereocenters. The number of aliphatic hydroxyl groups is 2. The Morgan fingerprint density at radius 1 is 0.889 bits per heavy atom. The first-order valence-corrected chi connectivity index (χ1v) is 11.7. The van der Waals surface area contributed by atoms with E-state index in [9.17, 15) is 19.8 Å². The van der Waals surface area contributed by atoms with Crippen molar-refractivity contribution in [2.75, 3.05) is 44.6 Å². The second-order valence-electron chi connectivity index (χ2n) is 9.49. The highest BCUT2D eigenvalue weighted by Gasteiger charge is 2.35. The van der Waals surface area contributed by atoms with Gasteiger partial charge >= 0.3 is 0 Å². The molecule has 1 aliphatic rings. The fourth-order valence-electron chi connectivity index (χ4n) is 4.76. The standard InChI is InChI=1S/C27H29N5O4/c1-30(2)15-5-7-22-18(9-15)20(11-28-22)24-25(27(36)29-26(24)35)21-13-32(12-17(34)14-33)23-8-6-16(31(3)4)10-19(21)23/h5-11,13,17,28,33-34H,12,14H2,1-4H3,(H,29,35,36). The van der Waals surface area contributed by atoms with Crippen molar-refractivity contribution >= 4 is 56.1 Å². The van der Waals surface area contributed by atoms with Crippen LogP contribution in [0.1, 0.15) is 11.1 Å². The first-order valence-electron chi connectivity index (χ1n) is 11.7. The van der Waals surface area contributed by atoms with Crippen LogP contribution < -0.4 is 15.1 Å². The Morgan fingerprint density at radius 2 is 1.50 bits per heavy atom. The Labute approximate surface area is 208 Å². The first kappa shape index (κ1) is 23.7. The van der Waals surface area contributed by atoms with Crippen LogP contribution in [0.4, 0.5) is 11.4 Å². The van der Waals surface area contributed by atoms with Gasteiger partial charge in [-0.15, -0.1) is 0 Å². The largest absolute Gasteiger partial charge is 0.394 e. The third-order valence-corrected chi connectivity index (χ3v) is 6.65. The zero-order valence-corrected chi connectivity index (χ0v) is 20.7. The average Bonchev–Trinajstić information content (AvgIpc) is 3.50. The molecule has 2 amide bonds. The molecule has 0 radical (unpaired) electrons. The molecule has 2 aromatic heterocycles. The summed E-state index contributed by atoms with van der Waals surface area (Å²) >= 11 is 0. The molecule has 9 nitrogen and oxygen atoms in total. The van der Waals surface area contributed by atoms with Crippen LogP contribution in [0.5, 0.6) is 0 Å². The molecule has 3 heterocycles. The Hall–Kier alpha value is -4.08. The lowest BCUT2D eigenvalue weighted by Gasteiger charge is -2.14. The maximum atomic E-state index is 13.2. The average molecular weight is 488 g/mol. The van der Waals surface area contributed by atoms with Crippen LogP contribution in [0.3, 0.4) is 0 Å². The summed E-state index contributed by atoms with van der Waals surface area (Å²) in [5.74, 6) is -0.920. The van der Waals surface area contributed by atoms with Gasteiger partial charge in [0.15, 0.2) is 0 Å². The zero-order chi connectivity index (χ0) is 25.7. The zero-order valence-electron chi connectivity index (χ0n) is 20.7. The number of amides is 2. The lowest BCUT2D eigenvalue weighted by molar-refractivity contribution is -0.122. The van der Waals surface area contributed by atoms with Gasteiger partial charge in [-0.2, -0.15) is 0 Å². The molecule has 0 saturated heterocycles. The van der Waals surface area contributed by atoms with E-state index in [1.54, 1.807) is 12.4 Å². The summed E-state index contributed by atoms with van der Waals surface area (Å²) in [6, 6.07) is 11.8. The van der Waals surface area contributed by atoms with Gasteiger partial charge in [-0.05, 0) is 36.4 Å². The van der Waals surface area contributed by atoms with E-state index in [2.05, 4.69) is 10.3 Å². The van der Waals surface area contributed by atoms with Gasteiger partial charge in [0.05, 0.1) is 30.4 Å². The van der Waals surface area contributed by atoms with E-state index < -0.39 is 17.9 Å². The van der Waals surface area contributed by atoms with E-state index in [4.69, 9.17) is 0 Å². The van der Waals surface area contributed by atoms with Crippen molar-refractivity contribution in [3.05, 3.63) is 59.9 Å². The topological polar surface area (TPSA) is 114 Å². The summed E-state index contributed by atoms with van der Waals surface area (Å²) in [5.41, 5.74) is 5.38. The van der Waals surface area contributed by atoms with Crippen molar-refractivity contribution in [1.82, 2.24) is 14.9 Å². The Morgan fingerprint density at radius 3 is 2.14 bits per heavy atom. The molecular weight excluding hydrogens is 458 g/mol. The quantitative estimate of drug-likeness (QED) is 0.297. The number of benzene rings is 2. The van der Waals surface area contributed by atoms with Gasteiger partial charge in [-0.3, -0.25) is 14.9 Å². The number of fused-ring (bicyclic) bond motifs is 2. The molecule has 0 spiro atoms. The summed E-state index contributed by atoms with van der Waals surface area (Å²) < 4.78 is 1.81. The Kier molecular flexibility index (Phi) is 5.82. The minimum atomic E-state index is -0.965. The van der Waals surface area contributed by atoms with E-state index in [1.807, 2.05) is 79.0 Å². The summed E-state index contributed by atoms with van der Waals surface area (Å²) in [6.07, 6.45) is 2.57. The molecule has 4 N–H and O–H groups in total. The van der Waals surface area contributed by atoms with E-state index in [0.717, 1.165) is 33.2 Å². The number of hydrogen-bond acceptors (Lipinski definition) is 6. The first-order chi connectivity index (χ1) is 17.2. The summed E-state index contributed by atoms with van der Waals surface area (Å²) in [5, 5.41) is 23.7. The van der Waals surface area contributed by atoms with Crippen LogP contribution in [0, 0.1) is 0 Å². The molecule has 4 aromatic rings. The predicted molar refractivity (Wildman–Crippen MR) is 142 cm³/mol. The number of rotatable bonds is 7. The van der Waals surface area contributed by atoms with Crippen LogP contribution in [-0.2, 0) is 16.1 Å². The molecule has 0 fully saturated rings. The lowest BCUT2D eigenvalue weighted by atomic mass is 9.95. The summed E-state index contributed by atoms with van der Waals surface area (Å²) in [7, 11) is 7.75. The van der Waals surface area contributed by atoms with Gasteiger partial charge in [-0.25, -0.2) is 0 Å². The van der Waals surface area contributed by atoms with E-state index in [-0.39, 0.29) is 18.7 Å². The number of imide groups is 1. The Bertz CT molecular complexity index is 1540. The van der Waals surface area contributed by atoms with Crippen LogP contribution in [0.2, 0.25) is 0 Å². The highest BCUT2D eigenvalue weighted by molar-refractivity contribution is 6.50. The van der Waals surface area contributed by atoms with Gasteiger partial charge in [-0.1, -0.05) is 0 Å². The molecule has 0 saturated carbocycles. The molecule has 9 heteroatoms. The monoisotopic (exact) mass is 487 g/mol. The van der Waals surface area contributed by atoms with E-state index in [1.165, 1.54) is 0 Å². The van der Waals surface area contributed by atoms with E-state index in [0.29, 0.717) is 16.7 Å². The number of aliphatic hydroxyl groups excluding tert-OH is 2. The van der Waals surface area contributed by atoms with Gasteiger partial charge in [0.25, 0.3) is 11.8 Å². The normalized spacial score (nSPS) is 14.7. The smallest absolute Gasteiger partial charge is 0.259 e. The van der Waals surface area contributed by atoms with Crippen LogP contribution >= 0.6 is 0 Å². The lowest BCUT2D eigenvalue weighted by Crippen LogP contribution is -2.22. The number of carbonyl (C=O) groups is 2. The van der Waals surface area contributed by atoms with Crippen LogP contribution in [0.25, 0.3) is 33.0 Å². The second kappa shape index (κ2) is 8.85. The van der Waals surface area contributed by atoms with Crippen LogP contribution in [0.15, 0.2) is 48.8 Å². The highest BCUT2D eigenvalue weighted by atomic mass is 16.3. The molecule has 5 rings (SSSR count). The molecule has 36 heavy (non-hydrogen) atoms. The molecular formula is C27H29N5O4. The number of aromatic amines is 1. The van der Waals surface area contributed by atoms with Crippen molar-refractivity contribution < 1.29 is 19.8 Å². The van der Waals surface area contributed by atoms with Crippen molar-refractivity contribution in [3.8, 4) is 0 Å². The number of hydrogen-bond donors (Lipinski definition) is 4. The van der Waals surface area contributed by atoms with Crippen molar-refractivity contribution in [3.63, 3.8) is 0 Å². The molecule has 1 aliphatic heterocycles. The minimum absolute atomic E-state index is 0.145. The number of nitrogens with one attached hydrogen (secondary N) is 2. The van der Waals surface area contributed by atoms with Crippen LogP contribution in [-0.4, -0.2) is 72.5 Å². The van der Waals surface area contributed by atoms with Gasteiger partial charge < -0.3 is 29.6 Å². The number of nitrogens with zero attached hydrogens (tertiary/aromatic N) is 3. The Balaban J connectivity index is 1.80. The molecule has 2 aromatic carbocycles. The van der Waals surface area contributed by atoms with Gasteiger partial charge in [0.1, 0.15) is 0 Å². The molecule has 186 valence electrons. The fraction of sp³-hybridized carbons (Fsp3) is 0.259. The maximum absolute atomic E-state index is 13.2. The van der Waals surface area contributed by atoms with Crippen molar-refractivity contribution in [2.24, 2.45) is 0 Å². The fourth-order valence-corrected chi connectivity index (χ4v) is 4.76. The van der Waals surface area contributed by atoms with Crippen molar-refractivity contribution in [1.29, 1.82) is 0 Å². The molecule has 0 bridgehead atoms. The van der Waals surface area contributed by atoms with E-state index >= 15 is 0 Å². The van der Waals surface area contributed by atoms with Gasteiger partial charge in [0, 0.05) is 84.9 Å². The summed E-state index contributed by atoms with van der Waals surface area (Å²) in [4.78, 5) is 33.6. The number of anilines is 2. The third kappa shape index (κ3) is 3.82. The highest BCUT2D eigenvalue weighted by Crippen LogP contribution is 2.39. The number of aromatic nitrogens is 2. The summed E-state index contributed by atoms with van der Waals surface area (Å²) in [6.45, 7) is -0.243. The minimum Gasteiger partial charge on any atom is -0.394 e. The second-order valence-corrected chi connectivity index (χ2v) is 9.49. The van der Waals surface area contributed by atoms with Gasteiger partial charge in [0.2, 0.25) is 0 Å². The number of carbonyl (C=O) groups excluding carboxylic acids is 2. The number of H-pyrrole nitrogens is 1. The molecule has 1 unspecified atom stereocenters.